The Morgan fingerprint density at radius 3 is 1.25 bits per heavy atom. The van der Waals surface area contributed by atoms with Crippen LogP contribution in [-0.4, -0.2) is 32.0 Å². The summed E-state index contributed by atoms with van der Waals surface area (Å²) in [5.41, 5.74) is 0. The second kappa shape index (κ2) is 2.70. The van der Waals surface area contributed by atoms with Gasteiger partial charge in [0.1, 0.15) is 0 Å². The van der Waals surface area contributed by atoms with E-state index in [1.165, 1.54) is 8.92 Å². The first-order chi connectivity index (χ1) is 3.79. The first kappa shape index (κ1) is 6.38. The molecule has 0 aromatic heterocycles. The third-order valence-corrected chi connectivity index (χ3v) is 1.97. The zero-order valence-electron chi connectivity index (χ0n) is 4.13. The molecule has 0 amide bonds. The van der Waals surface area contributed by atoms with Crippen molar-refractivity contribution < 1.29 is 0 Å². The molecular formula is C6H4Se2-2. The summed E-state index contributed by atoms with van der Waals surface area (Å²) in [6.45, 7) is 0. The normalized spacial score (nSPS) is 9.00. The van der Waals surface area contributed by atoms with Crippen LogP contribution >= 0.6 is 0 Å². The zero-order chi connectivity index (χ0) is 5.98. The van der Waals surface area contributed by atoms with Crippen LogP contribution in [0, 0.1) is 0 Å². The van der Waals surface area contributed by atoms with Gasteiger partial charge in [-0.15, -0.1) is 0 Å². The van der Waals surface area contributed by atoms with E-state index < -0.39 is 0 Å². The van der Waals surface area contributed by atoms with Crippen molar-refractivity contribution in [2.45, 2.75) is 0 Å². The van der Waals surface area contributed by atoms with Gasteiger partial charge in [0.15, 0.2) is 0 Å². The molecule has 1 rings (SSSR count). The average molecular weight is 234 g/mol. The molecule has 1 aromatic carbocycles. The molecule has 8 heavy (non-hydrogen) atoms. The van der Waals surface area contributed by atoms with Crippen molar-refractivity contribution >= 4 is 40.9 Å². The van der Waals surface area contributed by atoms with Crippen LogP contribution in [0.4, 0.5) is 0 Å². The summed E-state index contributed by atoms with van der Waals surface area (Å²) >= 11 is 5.83. The van der Waals surface area contributed by atoms with E-state index in [0.717, 1.165) is 0 Å². The van der Waals surface area contributed by atoms with Crippen LogP contribution < -0.4 is 8.92 Å². The molecule has 42 valence electrons. The fraction of sp³-hybridized carbons (Fsp3) is 0. The van der Waals surface area contributed by atoms with Gasteiger partial charge in [0.25, 0.3) is 0 Å². The molecule has 1 aromatic rings. The Hall–Kier alpha value is 0.259. The van der Waals surface area contributed by atoms with E-state index in [2.05, 4.69) is 32.0 Å². The van der Waals surface area contributed by atoms with Crippen LogP contribution in [0.2, 0.25) is 0 Å². The molecule has 0 bridgehead atoms. The molecule has 0 heterocycles. The molecule has 0 radical (unpaired) electrons. The summed E-state index contributed by atoms with van der Waals surface area (Å²) in [6, 6.07) is 8.13. The van der Waals surface area contributed by atoms with Crippen LogP contribution in [0.5, 0.6) is 0 Å². The maximum absolute atomic E-state index is 2.92. The monoisotopic (exact) mass is 236 g/mol. The van der Waals surface area contributed by atoms with E-state index in [1.807, 2.05) is 24.3 Å². The van der Waals surface area contributed by atoms with Gasteiger partial charge in [0.2, 0.25) is 0 Å². The minimum absolute atomic E-state index is 1.18. The van der Waals surface area contributed by atoms with Gasteiger partial charge in [-0.1, -0.05) is 0 Å². The van der Waals surface area contributed by atoms with Crippen molar-refractivity contribution in [3.8, 4) is 0 Å². The van der Waals surface area contributed by atoms with E-state index >= 15 is 0 Å². The molecule has 0 saturated heterocycles. The van der Waals surface area contributed by atoms with E-state index in [4.69, 9.17) is 0 Å². The Bertz CT molecular complexity index is 145. The van der Waals surface area contributed by atoms with E-state index in [1.54, 1.807) is 0 Å². The first-order valence-electron chi connectivity index (χ1n) is 2.23. The fourth-order valence-electron chi connectivity index (χ4n) is 0.440. The number of hydrogen-bond donors (Lipinski definition) is 0. The van der Waals surface area contributed by atoms with Crippen LogP contribution in [0.15, 0.2) is 24.3 Å². The van der Waals surface area contributed by atoms with Gasteiger partial charge in [-0.2, -0.15) is 0 Å². The predicted molar refractivity (Wildman–Crippen MR) is 37.2 cm³/mol. The molecule has 0 aliphatic heterocycles. The van der Waals surface area contributed by atoms with Gasteiger partial charge in [0, 0.05) is 0 Å². The molecule has 0 saturated carbocycles. The quantitative estimate of drug-likeness (QED) is 0.519. The SMILES string of the molecule is [Se-]c1ccc([Se-])cc1. The van der Waals surface area contributed by atoms with Crippen molar-refractivity contribution in [3.05, 3.63) is 24.3 Å². The van der Waals surface area contributed by atoms with Gasteiger partial charge >= 0.3 is 65.2 Å². The summed E-state index contributed by atoms with van der Waals surface area (Å²) in [5.74, 6) is 0. The molecule has 0 atom stereocenters. The minimum atomic E-state index is 1.18. The van der Waals surface area contributed by atoms with Gasteiger partial charge in [-0.05, 0) is 0 Å². The van der Waals surface area contributed by atoms with Crippen molar-refractivity contribution in [2.75, 3.05) is 0 Å². The predicted octanol–water partition coefficient (Wildman–Crippen LogP) is -0.726. The number of hydrogen-bond acceptors (Lipinski definition) is 0. The third-order valence-electron chi connectivity index (χ3n) is 0.824. The van der Waals surface area contributed by atoms with E-state index in [9.17, 15) is 0 Å². The van der Waals surface area contributed by atoms with Gasteiger partial charge < -0.3 is 0 Å². The molecule has 2 heteroatoms. The fourth-order valence-corrected chi connectivity index (χ4v) is 1.01. The molecule has 0 N–H and O–H groups in total. The third kappa shape index (κ3) is 1.64. The van der Waals surface area contributed by atoms with Crippen molar-refractivity contribution in [1.29, 1.82) is 0 Å². The average Bonchev–Trinajstić information content (AvgIpc) is 1.77. The molecule has 0 nitrogen and oxygen atoms in total. The van der Waals surface area contributed by atoms with E-state index in [-0.39, 0.29) is 0 Å². The van der Waals surface area contributed by atoms with Crippen molar-refractivity contribution in [1.82, 2.24) is 0 Å². The number of benzene rings is 1. The van der Waals surface area contributed by atoms with Crippen LogP contribution in [-0.2, 0) is 0 Å². The van der Waals surface area contributed by atoms with Crippen LogP contribution in [0.25, 0.3) is 0 Å². The summed E-state index contributed by atoms with van der Waals surface area (Å²) in [5, 5.41) is 0. The Balaban J connectivity index is 3.03. The molecule has 0 unspecified atom stereocenters. The second-order valence-electron chi connectivity index (χ2n) is 1.47. The second-order valence-corrected chi connectivity index (χ2v) is 3.45. The van der Waals surface area contributed by atoms with Crippen molar-refractivity contribution in [3.63, 3.8) is 0 Å². The zero-order valence-corrected chi connectivity index (χ0v) is 7.55. The Kier molecular flexibility index (Phi) is 2.15. The molecule has 0 aliphatic rings. The standard InChI is InChI=1S/C6H6Se2/c7-5-1-2-6(8)4-3-5/h1-4,7-8H/p-2. The topological polar surface area (TPSA) is 0 Å². The van der Waals surface area contributed by atoms with Gasteiger partial charge in [0.05, 0.1) is 0 Å². The summed E-state index contributed by atoms with van der Waals surface area (Å²) in [6.07, 6.45) is 0. The van der Waals surface area contributed by atoms with Crippen LogP contribution in [0.1, 0.15) is 0 Å². The molecular weight excluding hydrogens is 230 g/mol. The Morgan fingerprint density at radius 1 is 0.750 bits per heavy atom. The number of rotatable bonds is 0. The van der Waals surface area contributed by atoms with Crippen molar-refractivity contribution in [2.24, 2.45) is 0 Å². The van der Waals surface area contributed by atoms with E-state index in [0.29, 0.717) is 0 Å². The van der Waals surface area contributed by atoms with Crippen LogP contribution in [0.3, 0.4) is 0 Å². The first-order valence-corrected chi connectivity index (χ1v) is 3.94. The molecule has 0 spiro atoms. The van der Waals surface area contributed by atoms with Gasteiger partial charge in [-0.25, -0.2) is 0 Å². The summed E-state index contributed by atoms with van der Waals surface area (Å²) in [7, 11) is 0. The summed E-state index contributed by atoms with van der Waals surface area (Å²) < 4.78 is 2.37. The summed E-state index contributed by atoms with van der Waals surface area (Å²) in [4.78, 5) is 0. The van der Waals surface area contributed by atoms with Gasteiger partial charge in [-0.3, -0.25) is 0 Å². The molecule has 0 aliphatic carbocycles. The Morgan fingerprint density at radius 2 is 1.00 bits per heavy atom. The molecule has 0 fully saturated rings. The Labute approximate surface area is 65.3 Å². The maximum atomic E-state index is 2.92.